The number of ether oxygens (including phenoxy) is 2. The van der Waals surface area contributed by atoms with Crippen LogP contribution in [-0.2, 0) is 4.74 Å². The molecule has 0 saturated carbocycles. The molecule has 4 rings (SSSR count). The highest BCUT2D eigenvalue weighted by Gasteiger charge is 2.56. The molecule has 0 bridgehead atoms. The van der Waals surface area contributed by atoms with Crippen molar-refractivity contribution in [2.45, 2.75) is 31.8 Å². The third-order valence-corrected chi connectivity index (χ3v) is 4.53. The van der Waals surface area contributed by atoms with Crippen LogP contribution in [0, 0.1) is 0 Å². The molecule has 142 valence electrons. The molecule has 2 atom stereocenters. The van der Waals surface area contributed by atoms with Crippen LogP contribution in [0.1, 0.15) is 24.2 Å². The molecule has 3 heterocycles. The van der Waals surface area contributed by atoms with Gasteiger partial charge in [0.15, 0.2) is 0 Å². The van der Waals surface area contributed by atoms with Gasteiger partial charge in [-0.05, 0) is 26.0 Å². The Hall–Kier alpha value is -3.17. The van der Waals surface area contributed by atoms with E-state index in [0.717, 1.165) is 0 Å². The fourth-order valence-electron chi connectivity index (χ4n) is 3.40. The Morgan fingerprint density at radius 2 is 2.26 bits per heavy atom. The molecule has 2 aromatic rings. The van der Waals surface area contributed by atoms with Gasteiger partial charge in [0.2, 0.25) is 0 Å². The number of rotatable bonds is 4. The van der Waals surface area contributed by atoms with Crippen LogP contribution in [0.2, 0.25) is 0 Å². The monoisotopic (exact) mass is 375 g/mol. The molecule has 2 amide bonds. The molecular formula is C17H18FN5O4. The van der Waals surface area contributed by atoms with Crippen molar-refractivity contribution < 1.29 is 23.5 Å². The van der Waals surface area contributed by atoms with Crippen LogP contribution in [0.25, 0.3) is 10.9 Å². The predicted octanol–water partition coefficient (Wildman–Crippen LogP) is 1.11. The zero-order chi connectivity index (χ0) is 19.3. The summed E-state index contributed by atoms with van der Waals surface area (Å²) in [6, 6.07) is 2.37. The zero-order valence-corrected chi connectivity index (χ0v) is 14.7. The summed E-state index contributed by atoms with van der Waals surface area (Å²) in [5.41, 5.74) is 6.13. The van der Waals surface area contributed by atoms with Crippen molar-refractivity contribution in [3.8, 4) is 5.75 Å². The summed E-state index contributed by atoms with van der Waals surface area (Å²) >= 11 is 0. The number of halogens is 1. The van der Waals surface area contributed by atoms with Gasteiger partial charge in [0.25, 0.3) is 11.8 Å². The molecule has 2 aliphatic heterocycles. The van der Waals surface area contributed by atoms with Gasteiger partial charge in [-0.15, -0.1) is 0 Å². The number of alkyl carbamates (subject to hydrolysis) is 1. The summed E-state index contributed by atoms with van der Waals surface area (Å²) in [5, 5.41) is 3.04. The summed E-state index contributed by atoms with van der Waals surface area (Å²) in [7, 11) is 0. The van der Waals surface area contributed by atoms with Gasteiger partial charge < -0.3 is 25.4 Å². The van der Waals surface area contributed by atoms with Gasteiger partial charge in [-0.25, -0.2) is 14.8 Å². The van der Waals surface area contributed by atoms with E-state index in [4.69, 9.17) is 15.2 Å². The van der Waals surface area contributed by atoms with E-state index >= 15 is 0 Å². The van der Waals surface area contributed by atoms with Crippen LogP contribution in [0.15, 0.2) is 18.5 Å². The molecule has 10 heteroatoms. The number of carbonyl (C=O) groups excluding carboxylic acids is 2. The first-order valence-corrected chi connectivity index (χ1v) is 8.45. The van der Waals surface area contributed by atoms with Gasteiger partial charge in [0.1, 0.15) is 23.9 Å². The van der Waals surface area contributed by atoms with Gasteiger partial charge in [-0.1, -0.05) is 0 Å². The normalized spacial score (nSPS) is 24.1. The van der Waals surface area contributed by atoms with Crippen molar-refractivity contribution in [1.29, 1.82) is 0 Å². The van der Waals surface area contributed by atoms with Gasteiger partial charge in [-0.3, -0.25) is 4.79 Å². The zero-order valence-electron chi connectivity index (χ0n) is 14.7. The average Bonchev–Trinajstić information content (AvgIpc) is 3.02. The van der Waals surface area contributed by atoms with Crippen LogP contribution < -0.4 is 20.7 Å². The van der Waals surface area contributed by atoms with Gasteiger partial charge in [0, 0.05) is 11.9 Å². The second-order valence-electron chi connectivity index (χ2n) is 6.85. The lowest BCUT2D eigenvalue weighted by Gasteiger charge is -2.21. The topological polar surface area (TPSA) is 120 Å². The van der Waals surface area contributed by atoms with E-state index in [1.165, 1.54) is 12.4 Å². The number of hydrogen-bond acceptors (Lipinski definition) is 7. The van der Waals surface area contributed by atoms with Crippen molar-refractivity contribution >= 4 is 28.7 Å². The Bertz CT molecular complexity index is 952. The van der Waals surface area contributed by atoms with E-state index in [9.17, 15) is 14.0 Å². The van der Waals surface area contributed by atoms with Gasteiger partial charge >= 0.3 is 6.09 Å². The number of aromatic nitrogens is 2. The standard InChI is InChI=1S/C17H18FN5O4/c1-8(2)26-12-4-9-11(3-10(12)14(19)24)20-7-21-15(9)23-5-13-17(18,6-23)27-16(25)22-13/h3-4,7-8,13H,5-6H2,1-2H3,(H2,19,24)(H,22,25)/t13-,17+/m0/s1. The Balaban J connectivity index is 1.78. The van der Waals surface area contributed by atoms with Crippen LogP contribution in [0.4, 0.5) is 15.0 Å². The molecule has 2 fully saturated rings. The Morgan fingerprint density at radius 1 is 1.48 bits per heavy atom. The summed E-state index contributed by atoms with van der Waals surface area (Å²) in [6.07, 6.45) is 0.370. The van der Waals surface area contributed by atoms with E-state index in [0.29, 0.717) is 22.5 Å². The minimum atomic E-state index is -2.11. The fourth-order valence-corrected chi connectivity index (χ4v) is 3.40. The molecule has 9 nitrogen and oxygen atoms in total. The molecule has 0 radical (unpaired) electrons. The van der Waals surface area contributed by atoms with Crippen LogP contribution in [-0.4, -0.2) is 53.1 Å². The van der Waals surface area contributed by atoms with Crippen molar-refractivity contribution in [2.24, 2.45) is 5.73 Å². The number of primary amides is 1. The first kappa shape index (κ1) is 17.3. The smallest absolute Gasteiger partial charge is 0.410 e. The molecule has 1 aromatic carbocycles. The van der Waals surface area contributed by atoms with Crippen molar-refractivity contribution in [3.63, 3.8) is 0 Å². The maximum absolute atomic E-state index is 14.8. The highest BCUT2D eigenvalue weighted by Crippen LogP contribution is 2.37. The molecule has 2 aliphatic rings. The number of fused-ring (bicyclic) bond motifs is 2. The molecular weight excluding hydrogens is 357 g/mol. The van der Waals surface area contributed by atoms with E-state index in [1.54, 1.807) is 11.0 Å². The van der Waals surface area contributed by atoms with Crippen molar-refractivity contribution in [1.82, 2.24) is 15.3 Å². The number of carbonyl (C=O) groups is 2. The number of nitrogens with zero attached hydrogens (tertiary/aromatic N) is 3. The third-order valence-electron chi connectivity index (χ3n) is 4.53. The molecule has 0 spiro atoms. The molecule has 1 aromatic heterocycles. The Morgan fingerprint density at radius 3 is 2.93 bits per heavy atom. The summed E-state index contributed by atoms with van der Waals surface area (Å²) in [6.45, 7) is 3.67. The lowest BCUT2D eigenvalue weighted by atomic mass is 10.1. The summed E-state index contributed by atoms with van der Waals surface area (Å²) in [5.74, 6) is -1.99. The molecule has 0 unspecified atom stereocenters. The quantitative estimate of drug-likeness (QED) is 0.821. The average molecular weight is 375 g/mol. The van der Waals surface area contributed by atoms with Crippen LogP contribution >= 0.6 is 0 Å². The number of nitrogens with one attached hydrogen (secondary N) is 1. The largest absolute Gasteiger partial charge is 0.490 e. The number of alkyl halides is 1. The summed E-state index contributed by atoms with van der Waals surface area (Å²) in [4.78, 5) is 33.2. The van der Waals surface area contributed by atoms with Crippen molar-refractivity contribution in [2.75, 3.05) is 18.0 Å². The number of benzene rings is 1. The SMILES string of the molecule is CC(C)Oc1cc2c(N3C[C@@H]4NC(=O)O[C@]4(F)C3)ncnc2cc1C(N)=O. The minimum absolute atomic E-state index is 0.166. The van der Waals surface area contributed by atoms with E-state index in [1.807, 2.05) is 13.8 Å². The van der Waals surface area contributed by atoms with Crippen LogP contribution in [0.3, 0.4) is 0 Å². The lowest BCUT2D eigenvalue weighted by molar-refractivity contribution is -0.0540. The van der Waals surface area contributed by atoms with Gasteiger partial charge in [-0.2, -0.15) is 4.39 Å². The molecule has 2 saturated heterocycles. The maximum atomic E-state index is 14.8. The number of hydrogen-bond donors (Lipinski definition) is 2. The first-order chi connectivity index (χ1) is 12.8. The predicted molar refractivity (Wildman–Crippen MR) is 93.3 cm³/mol. The minimum Gasteiger partial charge on any atom is -0.490 e. The molecule has 0 aliphatic carbocycles. The lowest BCUT2D eigenvalue weighted by Crippen LogP contribution is -2.38. The molecule has 3 N–H and O–H groups in total. The Kier molecular flexibility index (Phi) is 3.79. The Labute approximate surface area is 153 Å². The summed E-state index contributed by atoms with van der Waals surface area (Å²) < 4.78 is 25.3. The number of anilines is 1. The van der Waals surface area contributed by atoms with E-state index in [-0.39, 0.29) is 24.8 Å². The molecule has 27 heavy (non-hydrogen) atoms. The maximum Gasteiger partial charge on any atom is 0.410 e. The van der Waals surface area contributed by atoms with Crippen molar-refractivity contribution in [3.05, 3.63) is 24.0 Å². The second kappa shape index (κ2) is 5.93. The number of amides is 2. The highest BCUT2D eigenvalue weighted by atomic mass is 19.2. The highest BCUT2D eigenvalue weighted by molar-refractivity contribution is 6.02. The third kappa shape index (κ3) is 2.86. The number of nitrogens with two attached hydrogens (primary N) is 1. The first-order valence-electron chi connectivity index (χ1n) is 8.45. The van der Waals surface area contributed by atoms with E-state index in [2.05, 4.69) is 15.3 Å². The van der Waals surface area contributed by atoms with Crippen LogP contribution in [0.5, 0.6) is 5.75 Å². The second-order valence-corrected chi connectivity index (χ2v) is 6.85. The van der Waals surface area contributed by atoms with E-state index < -0.39 is 23.9 Å². The van der Waals surface area contributed by atoms with Gasteiger partial charge in [0.05, 0.1) is 23.7 Å². The fraction of sp³-hybridized carbons (Fsp3) is 0.412.